The van der Waals surface area contributed by atoms with Gasteiger partial charge in [-0.15, -0.1) is 0 Å². The number of benzene rings is 1. The Hall–Kier alpha value is -0.870. The van der Waals surface area contributed by atoms with Gasteiger partial charge in [0, 0.05) is 24.0 Å². The zero-order chi connectivity index (χ0) is 13.9. The molecule has 0 radical (unpaired) electrons. The Bertz CT molecular complexity index is 539. The molecule has 4 heteroatoms. The van der Waals surface area contributed by atoms with Crippen LogP contribution in [0.5, 0.6) is 0 Å². The van der Waals surface area contributed by atoms with E-state index in [1.165, 1.54) is 17.4 Å². The van der Waals surface area contributed by atoms with Crippen molar-refractivity contribution in [1.29, 1.82) is 0 Å². The van der Waals surface area contributed by atoms with Gasteiger partial charge < -0.3 is 5.73 Å². The van der Waals surface area contributed by atoms with Gasteiger partial charge in [0.05, 0.1) is 0 Å². The minimum Gasteiger partial charge on any atom is -0.330 e. The van der Waals surface area contributed by atoms with Crippen molar-refractivity contribution in [3.63, 3.8) is 0 Å². The van der Waals surface area contributed by atoms with E-state index in [2.05, 4.69) is 24.3 Å². The van der Waals surface area contributed by atoms with E-state index in [0.29, 0.717) is 13.0 Å². The van der Waals surface area contributed by atoms with Crippen LogP contribution in [0.4, 0.5) is 0 Å². The normalized spacial score (nSPS) is 23.1. The lowest BCUT2D eigenvalue weighted by Crippen LogP contribution is -2.38. The summed E-state index contributed by atoms with van der Waals surface area (Å²) in [7, 11) is -2.88. The van der Waals surface area contributed by atoms with Gasteiger partial charge in [0.1, 0.15) is 9.84 Å². The fraction of sp³-hybridized carbons (Fsp3) is 0.600. The van der Waals surface area contributed by atoms with E-state index in [-0.39, 0.29) is 11.2 Å². The van der Waals surface area contributed by atoms with Gasteiger partial charge in [-0.1, -0.05) is 24.3 Å². The van der Waals surface area contributed by atoms with Crippen LogP contribution >= 0.6 is 0 Å². The van der Waals surface area contributed by atoms with E-state index < -0.39 is 9.84 Å². The monoisotopic (exact) mass is 281 g/mol. The quantitative estimate of drug-likeness (QED) is 0.898. The number of nitrogens with two attached hydrogens (primary N) is 1. The van der Waals surface area contributed by atoms with Crippen LogP contribution in [0.2, 0.25) is 0 Å². The molecule has 1 aliphatic rings. The van der Waals surface area contributed by atoms with Crippen LogP contribution in [0.1, 0.15) is 36.8 Å². The van der Waals surface area contributed by atoms with Gasteiger partial charge in [0.25, 0.3) is 0 Å². The molecular formula is C15H23NO2S. The Morgan fingerprint density at radius 1 is 1.32 bits per heavy atom. The first-order valence-electron chi connectivity index (χ1n) is 6.93. The van der Waals surface area contributed by atoms with Gasteiger partial charge in [-0.3, -0.25) is 0 Å². The highest BCUT2D eigenvalue weighted by atomic mass is 32.2. The molecule has 3 nitrogen and oxygen atoms in total. The zero-order valence-corrected chi connectivity index (χ0v) is 12.4. The maximum atomic E-state index is 11.3. The fourth-order valence-electron chi connectivity index (χ4n) is 3.25. The molecule has 0 saturated carbocycles. The van der Waals surface area contributed by atoms with Gasteiger partial charge in [-0.25, -0.2) is 8.42 Å². The van der Waals surface area contributed by atoms with Crippen LogP contribution in [0.15, 0.2) is 24.3 Å². The van der Waals surface area contributed by atoms with Crippen LogP contribution in [0.3, 0.4) is 0 Å². The Balaban J connectivity index is 2.19. The standard InChI is InChI=1S/C15H23NO2S/c1-19(17,18)11-5-10-15(12-16)9-4-7-13-6-2-3-8-14(13)15/h2-3,6,8H,4-5,7,9-12,16H2,1H3. The summed E-state index contributed by atoms with van der Waals surface area (Å²) in [5, 5.41) is 0. The molecule has 19 heavy (non-hydrogen) atoms. The van der Waals surface area contributed by atoms with Crippen LogP contribution in [-0.4, -0.2) is 27.0 Å². The molecule has 0 fully saturated rings. The highest BCUT2D eigenvalue weighted by Gasteiger charge is 2.34. The Morgan fingerprint density at radius 3 is 2.74 bits per heavy atom. The summed E-state index contributed by atoms with van der Waals surface area (Å²) >= 11 is 0. The molecule has 1 aromatic carbocycles. The molecule has 1 atom stereocenters. The van der Waals surface area contributed by atoms with E-state index in [0.717, 1.165) is 25.7 Å². The van der Waals surface area contributed by atoms with Gasteiger partial charge in [-0.05, 0) is 43.2 Å². The zero-order valence-electron chi connectivity index (χ0n) is 11.6. The third-order valence-electron chi connectivity index (χ3n) is 4.25. The summed E-state index contributed by atoms with van der Waals surface area (Å²) in [5.74, 6) is 0.261. The van der Waals surface area contributed by atoms with Crippen LogP contribution in [-0.2, 0) is 21.7 Å². The van der Waals surface area contributed by atoms with E-state index in [1.54, 1.807) is 0 Å². The second-order valence-electron chi connectivity index (χ2n) is 5.73. The van der Waals surface area contributed by atoms with E-state index in [4.69, 9.17) is 5.73 Å². The Kier molecular flexibility index (Phi) is 4.31. The first kappa shape index (κ1) is 14.5. The minimum absolute atomic E-state index is 0.0144. The molecule has 0 spiro atoms. The Morgan fingerprint density at radius 2 is 2.05 bits per heavy atom. The summed E-state index contributed by atoms with van der Waals surface area (Å²) in [5.41, 5.74) is 8.77. The highest BCUT2D eigenvalue weighted by molar-refractivity contribution is 7.90. The van der Waals surface area contributed by atoms with Gasteiger partial charge >= 0.3 is 0 Å². The summed E-state index contributed by atoms with van der Waals surface area (Å²) < 4.78 is 22.6. The third-order valence-corrected chi connectivity index (χ3v) is 5.28. The molecule has 0 aromatic heterocycles. The molecule has 2 N–H and O–H groups in total. The van der Waals surface area contributed by atoms with E-state index in [9.17, 15) is 8.42 Å². The summed E-state index contributed by atoms with van der Waals surface area (Å²) in [6.07, 6.45) is 6.20. The molecule has 0 aliphatic heterocycles. The van der Waals surface area contributed by atoms with E-state index >= 15 is 0 Å². The summed E-state index contributed by atoms with van der Waals surface area (Å²) in [6, 6.07) is 8.48. The third kappa shape index (κ3) is 3.37. The predicted molar refractivity (Wildman–Crippen MR) is 79.1 cm³/mol. The fourth-order valence-corrected chi connectivity index (χ4v) is 3.92. The second-order valence-corrected chi connectivity index (χ2v) is 7.99. The predicted octanol–water partition coefficient (Wildman–Crippen LogP) is 2.04. The number of hydrogen-bond acceptors (Lipinski definition) is 3. The van der Waals surface area contributed by atoms with Gasteiger partial charge in [-0.2, -0.15) is 0 Å². The van der Waals surface area contributed by atoms with Crippen molar-refractivity contribution in [3.05, 3.63) is 35.4 Å². The molecule has 1 aromatic rings. The molecule has 2 rings (SSSR count). The van der Waals surface area contributed by atoms with Crippen molar-refractivity contribution in [1.82, 2.24) is 0 Å². The Labute approximate surface area is 116 Å². The van der Waals surface area contributed by atoms with Crippen molar-refractivity contribution in [2.75, 3.05) is 18.6 Å². The topological polar surface area (TPSA) is 60.2 Å². The average Bonchev–Trinajstić information content (AvgIpc) is 2.37. The molecule has 1 aliphatic carbocycles. The molecule has 0 amide bonds. The first-order valence-corrected chi connectivity index (χ1v) is 8.99. The lowest BCUT2D eigenvalue weighted by atomic mass is 9.67. The van der Waals surface area contributed by atoms with Crippen LogP contribution in [0.25, 0.3) is 0 Å². The molecule has 0 heterocycles. The van der Waals surface area contributed by atoms with Crippen molar-refractivity contribution in [2.24, 2.45) is 5.73 Å². The number of rotatable bonds is 5. The lowest BCUT2D eigenvalue weighted by molar-refractivity contribution is 0.340. The first-order chi connectivity index (χ1) is 8.97. The lowest BCUT2D eigenvalue weighted by Gasteiger charge is -2.38. The van der Waals surface area contributed by atoms with Crippen molar-refractivity contribution >= 4 is 9.84 Å². The van der Waals surface area contributed by atoms with Gasteiger partial charge in [0.15, 0.2) is 0 Å². The molecule has 0 bridgehead atoms. The van der Waals surface area contributed by atoms with Crippen LogP contribution in [0, 0.1) is 0 Å². The van der Waals surface area contributed by atoms with Crippen molar-refractivity contribution in [3.8, 4) is 0 Å². The number of sulfone groups is 1. The van der Waals surface area contributed by atoms with Crippen LogP contribution < -0.4 is 5.73 Å². The molecule has 1 unspecified atom stereocenters. The highest BCUT2D eigenvalue weighted by Crippen LogP contribution is 2.40. The number of fused-ring (bicyclic) bond motifs is 1. The second kappa shape index (κ2) is 5.63. The molecule has 0 saturated heterocycles. The largest absolute Gasteiger partial charge is 0.330 e. The molecule has 106 valence electrons. The maximum Gasteiger partial charge on any atom is 0.147 e. The summed E-state index contributed by atoms with van der Waals surface area (Å²) in [4.78, 5) is 0. The minimum atomic E-state index is -2.88. The van der Waals surface area contributed by atoms with E-state index in [1.807, 2.05) is 0 Å². The number of hydrogen-bond donors (Lipinski definition) is 1. The van der Waals surface area contributed by atoms with Crippen molar-refractivity contribution in [2.45, 2.75) is 37.5 Å². The SMILES string of the molecule is CS(=O)(=O)CCCC1(CN)CCCc2ccccc21. The average molecular weight is 281 g/mol. The summed E-state index contributed by atoms with van der Waals surface area (Å²) in [6.45, 7) is 0.605. The smallest absolute Gasteiger partial charge is 0.147 e. The van der Waals surface area contributed by atoms with Gasteiger partial charge in [0.2, 0.25) is 0 Å². The maximum absolute atomic E-state index is 11.3. The molecular weight excluding hydrogens is 258 g/mol. The van der Waals surface area contributed by atoms with Crippen molar-refractivity contribution < 1.29 is 8.42 Å². The number of aryl methyl sites for hydroxylation is 1.